The van der Waals surface area contributed by atoms with Crippen LogP contribution in [0, 0.1) is 6.92 Å². The lowest BCUT2D eigenvalue weighted by atomic mass is 10.1. The monoisotopic (exact) mass is 241 g/mol. The summed E-state index contributed by atoms with van der Waals surface area (Å²) in [4.78, 5) is 4.41. The van der Waals surface area contributed by atoms with Gasteiger partial charge in [0.05, 0.1) is 11.6 Å². The van der Waals surface area contributed by atoms with E-state index in [1.165, 1.54) is 0 Å². The van der Waals surface area contributed by atoms with Crippen molar-refractivity contribution in [1.82, 2.24) is 19.3 Å². The summed E-state index contributed by atoms with van der Waals surface area (Å²) in [5, 5.41) is 5.23. The number of hydrogen-bond acceptors (Lipinski definition) is 3. The maximum Gasteiger partial charge on any atom is 0.142 e. The Morgan fingerprint density at radius 2 is 2.06 bits per heavy atom. The SMILES string of the molecule is Cc1c(-c2cnn(C)c2)c2c(N)ccnc2n1C. The Morgan fingerprint density at radius 3 is 2.72 bits per heavy atom. The number of hydrogen-bond donors (Lipinski definition) is 1. The van der Waals surface area contributed by atoms with Crippen LogP contribution in [0.3, 0.4) is 0 Å². The van der Waals surface area contributed by atoms with E-state index in [9.17, 15) is 0 Å². The molecule has 0 aliphatic carbocycles. The molecule has 3 heterocycles. The van der Waals surface area contributed by atoms with Crippen LogP contribution in [-0.2, 0) is 14.1 Å². The molecule has 5 nitrogen and oxygen atoms in total. The van der Waals surface area contributed by atoms with Crippen LogP contribution in [0.1, 0.15) is 5.69 Å². The van der Waals surface area contributed by atoms with Crippen molar-refractivity contribution >= 4 is 16.7 Å². The fourth-order valence-electron chi connectivity index (χ4n) is 2.39. The van der Waals surface area contributed by atoms with Crippen LogP contribution in [0.25, 0.3) is 22.2 Å². The van der Waals surface area contributed by atoms with Gasteiger partial charge in [-0.2, -0.15) is 5.10 Å². The van der Waals surface area contributed by atoms with Gasteiger partial charge in [-0.1, -0.05) is 0 Å². The molecule has 0 unspecified atom stereocenters. The Bertz CT molecular complexity index is 735. The van der Waals surface area contributed by atoms with Gasteiger partial charge >= 0.3 is 0 Å². The second kappa shape index (κ2) is 3.60. The van der Waals surface area contributed by atoms with Gasteiger partial charge in [-0.25, -0.2) is 4.98 Å². The minimum atomic E-state index is 0.752. The quantitative estimate of drug-likeness (QED) is 0.707. The number of aromatic nitrogens is 4. The highest BCUT2D eigenvalue weighted by molar-refractivity contribution is 6.03. The lowest BCUT2D eigenvalue weighted by molar-refractivity contribution is 0.768. The molecule has 0 aliphatic heterocycles. The van der Waals surface area contributed by atoms with E-state index >= 15 is 0 Å². The first-order valence-corrected chi connectivity index (χ1v) is 5.78. The smallest absolute Gasteiger partial charge is 0.142 e. The Hall–Kier alpha value is -2.30. The minimum Gasteiger partial charge on any atom is -0.398 e. The van der Waals surface area contributed by atoms with Gasteiger partial charge in [-0.3, -0.25) is 4.68 Å². The molecule has 0 aromatic carbocycles. The molecule has 0 bridgehead atoms. The van der Waals surface area contributed by atoms with E-state index < -0.39 is 0 Å². The molecule has 3 aromatic heterocycles. The van der Waals surface area contributed by atoms with Gasteiger partial charge < -0.3 is 10.3 Å². The van der Waals surface area contributed by atoms with Crippen molar-refractivity contribution in [3.8, 4) is 11.1 Å². The molecule has 0 spiro atoms. The van der Waals surface area contributed by atoms with Crippen molar-refractivity contribution in [2.45, 2.75) is 6.92 Å². The Kier molecular flexibility index (Phi) is 2.16. The van der Waals surface area contributed by atoms with Crippen molar-refractivity contribution in [2.24, 2.45) is 14.1 Å². The van der Waals surface area contributed by atoms with E-state index in [0.717, 1.165) is 33.5 Å². The van der Waals surface area contributed by atoms with Gasteiger partial charge in [0, 0.05) is 49.0 Å². The second-order valence-corrected chi connectivity index (χ2v) is 4.52. The third kappa shape index (κ3) is 1.33. The highest BCUT2D eigenvalue weighted by atomic mass is 15.2. The van der Waals surface area contributed by atoms with Gasteiger partial charge in [0.25, 0.3) is 0 Å². The largest absolute Gasteiger partial charge is 0.398 e. The molecule has 3 aromatic rings. The third-order valence-electron chi connectivity index (χ3n) is 3.39. The molecule has 18 heavy (non-hydrogen) atoms. The fraction of sp³-hybridized carbons (Fsp3) is 0.231. The number of nitrogen functional groups attached to an aromatic ring is 1. The topological polar surface area (TPSA) is 61.7 Å². The molecule has 0 fully saturated rings. The zero-order chi connectivity index (χ0) is 12.9. The van der Waals surface area contributed by atoms with E-state index in [2.05, 4.69) is 21.6 Å². The zero-order valence-electron chi connectivity index (χ0n) is 10.7. The number of rotatable bonds is 1. The number of anilines is 1. The molecule has 0 amide bonds. The van der Waals surface area contributed by atoms with Crippen molar-refractivity contribution in [3.63, 3.8) is 0 Å². The lowest BCUT2D eigenvalue weighted by Crippen LogP contribution is -1.92. The number of pyridine rings is 1. The number of nitrogens with two attached hydrogens (primary N) is 1. The molecule has 0 radical (unpaired) electrons. The highest BCUT2D eigenvalue weighted by Crippen LogP contribution is 2.35. The third-order valence-corrected chi connectivity index (χ3v) is 3.39. The van der Waals surface area contributed by atoms with Crippen LogP contribution >= 0.6 is 0 Å². The molecule has 5 heteroatoms. The van der Waals surface area contributed by atoms with Crippen molar-refractivity contribution in [3.05, 3.63) is 30.4 Å². The summed E-state index contributed by atoms with van der Waals surface area (Å²) in [5.74, 6) is 0. The van der Waals surface area contributed by atoms with E-state index in [1.54, 1.807) is 10.9 Å². The summed E-state index contributed by atoms with van der Waals surface area (Å²) in [6.07, 6.45) is 5.59. The number of aryl methyl sites for hydroxylation is 2. The van der Waals surface area contributed by atoms with Crippen molar-refractivity contribution in [1.29, 1.82) is 0 Å². The molecular formula is C13H15N5. The molecular weight excluding hydrogens is 226 g/mol. The fourth-order valence-corrected chi connectivity index (χ4v) is 2.39. The summed E-state index contributed by atoms with van der Waals surface area (Å²) in [5.41, 5.74) is 11.1. The van der Waals surface area contributed by atoms with Gasteiger partial charge in [-0.05, 0) is 13.0 Å². The first kappa shape index (κ1) is 10.8. The van der Waals surface area contributed by atoms with Crippen LogP contribution in [0.4, 0.5) is 5.69 Å². The number of nitrogens with zero attached hydrogens (tertiary/aromatic N) is 4. The predicted molar refractivity (Wildman–Crippen MR) is 72.1 cm³/mol. The van der Waals surface area contributed by atoms with Gasteiger partial charge in [0.15, 0.2) is 0 Å². The summed E-state index contributed by atoms with van der Waals surface area (Å²) in [6.45, 7) is 2.07. The standard InChI is InChI=1S/C13H15N5/c1-8-11(9-6-16-17(2)7-9)12-10(14)4-5-15-13(12)18(8)3/h4-7H,1-3H3,(H2,14,15). The Balaban J connectivity index is 2.45. The molecule has 92 valence electrons. The molecule has 0 saturated carbocycles. The highest BCUT2D eigenvalue weighted by Gasteiger charge is 2.17. The van der Waals surface area contributed by atoms with Crippen molar-refractivity contribution in [2.75, 3.05) is 5.73 Å². The zero-order valence-corrected chi connectivity index (χ0v) is 10.7. The summed E-state index contributed by atoms with van der Waals surface area (Å²) in [6, 6.07) is 1.83. The normalized spacial score (nSPS) is 11.3. The van der Waals surface area contributed by atoms with Crippen LogP contribution in [0.2, 0.25) is 0 Å². The van der Waals surface area contributed by atoms with E-state index in [0.29, 0.717) is 0 Å². The summed E-state index contributed by atoms with van der Waals surface area (Å²) >= 11 is 0. The van der Waals surface area contributed by atoms with E-state index in [-0.39, 0.29) is 0 Å². The maximum absolute atomic E-state index is 6.10. The van der Waals surface area contributed by atoms with Crippen LogP contribution < -0.4 is 5.73 Å². The molecule has 2 N–H and O–H groups in total. The van der Waals surface area contributed by atoms with Gasteiger partial charge in [0.2, 0.25) is 0 Å². The Labute approximate surface area is 105 Å². The van der Waals surface area contributed by atoms with Gasteiger partial charge in [0.1, 0.15) is 5.65 Å². The Morgan fingerprint density at radius 1 is 1.28 bits per heavy atom. The summed E-state index contributed by atoms with van der Waals surface area (Å²) < 4.78 is 3.86. The lowest BCUT2D eigenvalue weighted by Gasteiger charge is -1.99. The predicted octanol–water partition coefficient (Wildman–Crippen LogP) is 1.86. The second-order valence-electron chi connectivity index (χ2n) is 4.52. The molecule has 3 rings (SSSR count). The molecule has 0 saturated heterocycles. The van der Waals surface area contributed by atoms with Crippen LogP contribution in [0.5, 0.6) is 0 Å². The number of fused-ring (bicyclic) bond motifs is 1. The van der Waals surface area contributed by atoms with E-state index in [4.69, 9.17) is 5.73 Å². The van der Waals surface area contributed by atoms with Crippen LogP contribution in [-0.4, -0.2) is 19.3 Å². The summed E-state index contributed by atoms with van der Waals surface area (Å²) in [7, 11) is 3.91. The van der Waals surface area contributed by atoms with Gasteiger partial charge in [-0.15, -0.1) is 0 Å². The first-order chi connectivity index (χ1) is 8.59. The van der Waals surface area contributed by atoms with Crippen LogP contribution in [0.15, 0.2) is 24.7 Å². The minimum absolute atomic E-state index is 0.752. The van der Waals surface area contributed by atoms with E-state index in [1.807, 2.05) is 32.6 Å². The molecule has 0 aliphatic rings. The average molecular weight is 241 g/mol. The molecule has 0 atom stereocenters. The average Bonchev–Trinajstić information content (AvgIpc) is 2.86. The maximum atomic E-state index is 6.10. The van der Waals surface area contributed by atoms with Crippen molar-refractivity contribution < 1.29 is 0 Å². The first-order valence-electron chi connectivity index (χ1n) is 5.78.